The maximum absolute atomic E-state index is 13.4. The van der Waals surface area contributed by atoms with Gasteiger partial charge in [-0.3, -0.25) is 13.9 Å². The predicted molar refractivity (Wildman–Crippen MR) is 123 cm³/mol. The number of hydrogen-bond donors (Lipinski definition) is 1. The van der Waals surface area contributed by atoms with E-state index in [-0.39, 0.29) is 30.7 Å². The Kier molecular flexibility index (Phi) is 6.41. The zero-order valence-electron chi connectivity index (χ0n) is 18.4. The molecule has 0 aliphatic rings. The molecule has 0 saturated carbocycles. The van der Waals surface area contributed by atoms with Gasteiger partial charge in [-0.1, -0.05) is 42.5 Å². The first-order valence-electron chi connectivity index (χ1n) is 10.7. The summed E-state index contributed by atoms with van der Waals surface area (Å²) in [7, 11) is 1.56. The Bertz CT molecular complexity index is 1390. The van der Waals surface area contributed by atoms with Crippen LogP contribution in [0.1, 0.15) is 18.9 Å². The summed E-state index contributed by atoms with van der Waals surface area (Å²) in [4.78, 5) is 30.9. The molecule has 0 radical (unpaired) electrons. The predicted octanol–water partition coefficient (Wildman–Crippen LogP) is 2.69. The van der Waals surface area contributed by atoms with E-state index in [1.807, 2.05) is 30.3 Å². The second-order valence-electron chi connectivity index (χ2n) is 7.74. The summed E-state index contributed by atoms with van der Waals surface area (Å²) in [6, 6.07) is 16.4. The number of fused-ring (bicyclic) bond motifs is 1. The molecule has 0 fully saturated rings. The lowest BCUT2D eigenvalue weighted by atomic mass is 10.2. The number of aromatic nitrogens is 4. The molecule has 0 amide bonds. The number of rotatable bonds is 8. The lowest BCUT2D eigenvalue weighted by Crippen LogP contribution is -2.39. The van der Waals surface area contributed by atoms with Crippen LogP contribution in [0.15, 0.2) is 64.2 Å². The van der Waals surface area contributed by atoms with Gasteiger partial charge in [0.15, 0.2) is 11.2 Å². The number of benzene rings is 2. The van der Waals surface area contributed by atoms with Gasteiger partial charge in [-0.25, -0.2) is 14.2 Å². The zero-order chi connectivity index (χ0) is 23.5. The first-order chi connectivity index (χ1) is 15.9. The van der Waals surface area contributed by atoms with Crippen molar-refractivity contribution in [2.24, 2.45) is 7.05 Å². The fourth-order valence-electron chi connectivity index (χ4n) is 3.83. The van der Waals surface area contributed by atoms with Crippen molar-refractivity contribution in [1.29, 1.82) is 0 Å². The minimum atomic E-state index is -1.48. The molecular weight excluding hydrogens is 427 g/mol. The van der Waals surface area contributed by atoms with Crippen molar-refractivity contribution in [3.63, 3.8) is 0 Å². The summed E-state index contributed by atoms with van der Waals surface area (Å²) in [5, 5.41) is 9.20. The van der Waals surface area contributed by atoms with E-state index < -0.39 is 17.6 Å². The van der Waals surface area contributed by atoms with E-state index in [0.717, 1.165) is 10.1 Å². The topological polar surface area (TPSA) is 91.3 Å². The van der Waals surface area contributed by atoms with Crippen LogP contribution in [0.2, 0.25) is 0 Å². The van der Waals surface area contributed by atoms with Crippen LogP contribution in [0, 0.1) is 0 Å². The zero-order valence-corrected chi connectivity index (χ0v) is 18.4. The fourth-order valence-corrected chi connectivity index (χ4v) is 3.83. The molecule has 2 heterocycles. The highest BCUT2D eigenvalue weighted by Crippen LogP contribution is 2.27. The number of hydrogen-bond acceptors (Lipinski definition) is 5. The molecule has 0 spiro atoms. The van der Waals surface area contributed by atoms with Crippen molar-refractivity contribution in [2.45, 2.75) is 32.8 Å². The van der Waals surface area contributed by atoms with Crippen molar-refractivity contribution in [3.8, 4) is 17.1 Å². The van der Waals surface area contributed by atoms with Gasteiger partial charge in [-0.2, -0.15) is 0 Å². The third-order valence-electron chi connectivity index (χ3n) is 5.35. The van der Waals surface area contributed by atoms with Crippen LogP contribution >= 0.6 is 0 Å². The number of imidazole rings is 1. The second-order valence-corrected chi connectivity index (χ2v) is 7.74. The second kappa shape index (κ2) is 9.41. The highest BCUT2D eigenvalue weighted by Gasteiger charge is 2.21. The Hall–Kier alpha value is -3.72. The molecule has 9 heteroatoms. The summed E-state index contributed by atoms with van der Waals surface area (Å²) in [6.07, 6.45) is -1.20. The van der Waals surface area contributed by atoms with Crippen molar-refractivity contribution in [2.75, 3.05) is 6.61 Å². The first-order valence-corrected chi connectivity index (χ1v) is 10.7. The van der Waals surface area contributed by atoms with Gasteiger partial charge in [-0.05, 0) is 24.1 Å². The summed E-state index contributed by atoms with van der Waals surface area (Å²) in [5.74, 6) is 0.785. The van der Waals surface area contributed by atoms with Gasteiger partial charge in [0.05, 0.1) is 0 Å². The number of aryl methyl sites for hydroxylation is 1. The third-order valence-corrected chi connectivity index (χ3v) is 5.35. The number of halogens is 1. The summed E-state index contributed by atoms with van der Waals surface area (Å²) in [6.45, 7) is 1.59. The number of alkyl halides is 1. The minimum Gasteiger partial charge on any atom is -0.461 e. The smallest absolute Gasteiger partial charge is 0.332 e. The average Bonchev–Trinajstić information content (AvgIpc) is 3.17. The Morgan fingerprint density at radius 2 is 1.85 bits per heavy atom. The van der Waals surface area contributed by atoms with Gasteiger partial charge in [0.25, 0.3) is 5.56 Å². The van der Waals surface area contributed by atoms with Crippen molar-refractivity contribution in [3.05, 3.63) is 81.0 Å². The molecule has 1 N–H and O–H groups in total. The van der Waals surface area contributed by atoms with Crippen molar-refractivity contribution in [1.82, 2.24) is 18.7 Å². The summed E-state index contributed by atoms with van der Waals surface area (Å²) < 4.78 is 22.8. The van der Waals surface area contributed by atoms with Gasteiger partial charge in [-0.15, -0.1) is 0 Å². The molecule has 2 aromatic heterocycles. The van der Waals surface area contributed by atoms with Gasteiger partial charge < -0.3 is 14.4 Å². The SMILES string of the molecule is CC(F)Oc1cccc(-c2nc3c(c(=O)n(CCCO)c(=O)n3C)n2Cc2ccccc2)c1. The van der Waals surface area contributed by atoms with Crippen LogP contribution in [0.4, 0.5) is 4.39 Å². The Morgan fingerprint density at radius 1 is 1.09 bits per heavy atom. The van der Waals surface area contributed by atoms with Crippen LogP contribution in [0.25, 0.3) is 22.6 Å². The fraction of sp³-hybridized carbons (Fsp3) is 0.292. The van der Waals surface area contributed by atoms with E-state index in [1.165, 1.54) is 11.5 Å². The average molecular weight is 452 g/mol. The van der Waals surface area contributed by atoms with Gasteiger partial charge in [0.1, 0.15) is 11.6 Å². The molecule has 4 rings (SSSR count). The highest BCUT2D eigenvalue weighted by molar-refractivity contribution is 5.77. The molecule has 1 atom stereocenters. The van der Waals surface area contributed by atoms with Crippen molar-refractivity contribution >= 4 is 11.2 Å². The number of nitrogens with zero attached hydrogens (tertiary/aromatic N) is 4. The first kappa shape index (κ1) is 22.5. The maximum atomic E-state index is 13.4. The van der Waals surface area contributed by atoms with E-state index in [2.05, 4.69) is 4.98 Å². The molecule has 4 aromatic rings. The monoisotopic (exact) mass is 452 g/mol. The molecule has 2 aromatic carbocycles. The van der Waals surface area contributed by atoms with Crippen molar-refractivity contribution < 1.29 is 14.2 Å². The van der Waals surface area contributed by atoms with Gasteiger partial charge >= 0.3 is 5.69 Å². The van der Waals surface area contributed by atoms with E-state index in [4.69, 9.17) is 4.74 Å². The van der Waals surface area contributed by atoms with E-state index in [1.54, 1.807) is 35.9 Å². The Morgan fingerprint density at radius 3 is 2.55 bits per heavy atom. The van der Waals surface area contributed by atoms with Crippen LogP contribution in [0.3, 0.4) is 0 Å². The molecule has 172 valence electrons. The molecule has 33 heavy (non-hydrogen) atoms. The molecule has 0 aliphatic heterocycles. The minimum absolute atomic E-state index is 0.0987. The molecular formula is C24H25FN4O4. The summed E-state index contributed by atoms with van der Waals surface area (Å²) in [5.41, 5.74) is 1.12. The standard InChI is InChI=1S/C24H25FN4O4/c1-16(25)33-19-11-6-10-18(14-19)21-26-22-20(29(21)15-17-8-4-3-5-9-17)23(31)28(12-7-13-30)24(32)27(22)2/h3-6,8-11,14,16,30H,7,12-13,15H2,1-2H3. The lowest BCUT2D eigenvalue weighted by molar-refractivity contribution is 0.0861. The molecule has 0 saturated heterocycles. The van der Waals surface area contributed by atoms with E-state index in [0.29, 0.717) is 23.7 Å². The molecule has 8 nitrogen and oxygen atoms in total. The number of aliphatic hydroxyl groups is 1. The Balaban J connectivity index is 1.99. The quantitative estimate of drug-likeness (QED) is 0.444. The Labute approximate surface area is 189 Å². The van der Waals surface area contributed by atoms with Crippen LogP contribution < -0.4 is 16.0 Å². The van der Waals surface area contributed by atoms with E-state index >= 15 is 0 Å². The normalized spacial score (nSPS) is 12.2. The summed E-state index contributed by atoms with van der Waals surface area (Å²) >= 11 is 0. The molecule has 0 aliphatic carbocycles. The van der Waals surface area contributed by atoms with E-state index in [9.17, 15) is 19.1 Å². The largest absolute Gasteiger partial charge is 0.461 e. The number of aliphatic hydroxyl groups excluding tert-OH is 1. The van der Waals surface area contributed by atoms with Gasteiger partial charge in [0.2, 0.25) is 6.36 Å². The van der Waals surface area contributed by atoms with Crippen LogP contribution in [-0.2, 0) is 20.1 Å². The van der Waals surface area contributed by atoms with Crippen LogP contribution in [0.5, 0.6) is 5.75 Å². The molecule has 0 bridgehead atoms. The van der Waals surface area contributed by atoms with Gasteiger partial charge in [0, 0.05) is 39.2 Å². The number of ether oxygens (including phenoxy) is 1. The molecule has 1 unspecified atom stereocenters. The lowest BCUT2D eigenvalue weighted by Gasteiger charge is -2.12. The van der Waals surface area contributed by atoms with Crippen LogP contribution in [-0.4, -0.2) is 36.8 Å². The highest BCUT2D eigenvalue weighted by atomic mass is 19.1. The maximum Gasteiger partial charge on any atom is 0.332 e. The third kappa shape index (κ3) is 4.45.